The van der Waals surface area contributed by atoms with Gasteiger partial charge in [0.1, 0.15) is 5.75 Å². The van der Waals surface area contributed by atoms with Gasteiger partial charge in [0.15, 0.2) is 5.78 Å². The molecule has 0 saturated heterocycles. The fraction of sp³-hybridized carbons (Fsp3) is 0.222. The lowest BCUT2D eigenvalue weighted by molar-refractivity contribution is 0.102. The Hall–Kier alpha value is 0.190. The second-order valence-electron chi connectivity index (χ2n) is 2.52. The molecule has 0 radical (unpaired) electrons. The minimum Gasteiger partial charge on any atom is -0.496 e. The highest BCUT2D eigenvalue weighted by atomic mass is 127. The van der Waals surface area contributed by atoms with Crippen LogP contribution in [0.5, 0.6) is 5.75 Å². The van der Waals surface area contributed by atoms with E-state index < -0.39 is 0 Å². The van der Waals surface area contributed by atoms with Gasteiger partial charge in [-0.2, -0.15) is 0 Å². The van der Waals surface area contributed by atoms with Crippen LogP contribution in [0.25, 0.3) is 0 Å². The van der Waals surface area contributed by atoms with Crippen molar-refractivity contribution < 1.29 is 9.53 Å². The van der Waals surface area contributed by atoms with E-state index in [1.54, 1.807) is 12.1 Å². The summed E-state index contributed by atoms with van der Waals surface area (Å²) >= 11 is 11.1. The van der Waals surface area contributed by atoms with Gasteiger partial charge in [0.2, 0.25) is 0 Å². The van der Waals surface area contributed by atoms with Crippen molar-refractivity contribution >= 4 is 55.9 Å². The summed E-state index contributed by atoms with van der Waals surface area (Å²) in [4.78, 5) is 11.5. The zero-order valence-electron chi connectivity index (χ0n) is 7.31. The van der Waals surface area contributed by atoms with Crippen molar-refractivity contribution in [2.45, 2.75) is 0 Å². The first-order valence-corrected chi connectivity index (χ1v) is 6.30. The number of carbonyl (C=O) groups excluding carboxylic acids is 1. The topological polar surface area (TPSA) is 26.3 Å². The SMILES string of the molecule is COc1cc(I)c(Cl)cc1C(=O)CBr. The molecule has 0 spiro atoms. The van der Waals surface area contributed by atoms with Crippen molar-refractivity contribution in [3.8, 4) is 5.75 Å². The number of ether oxygens (including phenoxy) is 1. The van der Waals surface area contributed by atoms with Gasteiger partial charge >= 0.3 is 0 Å². The van der Waals surface area contributed by atoms with Crippen LogP contribution in [0.1, 0.15) is 10.4 Å². The maximum Gasteiger partial charge on any atom is 0.177 e. The van der Waals surface area contributed by atoms with Crippen LogP contribution >= 0.6 is 50.1 Å². The summed E-state index contributed by atoms with van der Waals surface area (Å²) in [5.74, 6) is 0.517. The summed E-state index contributed by atoms with van der Waals surface area (Å²) in [5, 5.41) is 0.830. The molecule has 0 aliphatic carbocycles. The third kappa shape index (κ3) is 2.61. The normalized spacial score (nSPS) is 10.0. The van der Waals surface area contributed by atoms with Crippen LogP contribution in [0.3, 0.4) is 0 Å². The highest BCUT2D eigenvalue weighted by Gasteiger charge is 2.13. The lowest BCUT2D eigenvalue weighted by atomic mass is 10.1. The number of ketones is 1. The molecule has 76 valence electrons. The number of alkyl halides is 1. The van der Waals surface area contributed by atoms with E-state index in [0.717, 1.165) is 3.57 Å². The quantitative estimate of drug-likeness (QED) is 0.449. The number of hydrogen-bond donors (Lipinski definition) is 0. The van der Waals surface area contributed by atoms with Crippen LogP contribution in [0.15, 0.2) is 12.1 Å². The summed E-state index contributed by atoms with van der Waals surface area (Å²) in [6, 6.07) is 3.38. The Morgan fingerprint density at radius 3 is 2.79 bits per heavy atom. The molecule has 1 rings (SSSR count). The van der Waals surface area contributed by atoms with Crippen LogP contribution in [-0.2, 0) is 0 Å². The van der Waals surface area contributed by atoms with Crippen LogP contribution in [0, 0.1) is 3.57 Å². The fourth-order valence-electron chi connectivity index (χ4n) is 0.987. The smallest absolute Gasteiger partial charge is 0.177 e. The second kappa shape index (κ2) is 5.32. The summed E-state index contributed by atoms with van der Waals surface area (Å²) in [6.07, 6.45) is 0. The van der Waals surface area contributed by atoms with Gasteiger partial charge in [0, 0.05) is 3.57 Å². The third-order valence-electron chi connectivity index (χ3n) is 1.66. The molecule has 5 heteroatoms. The number of rotatable bonds is 3. The number of hydrogen-bond acceptors (Lipinski definition) is 2. The first kappa shape index (κ1) is 12.3. The highest BCUT2D eigenvalue weighted by Crippen LogP contribution is 2.28. The second-order valence-corrected chi connectivity index (χ2v) is 4.65. The Bertz CT molecular complexity index is 368. The Labute approximate surface area is 109 Å². The molecule has 1 aromatic carbocycles. The van der Waals surface area contributed by atoms with Crippen molar-refractivity contribution in [3.05, 3.63) is 26.3 Å². The van der Waals surface area contributed by atoms with E-state index in [4.69, 9.17) is 16.3 Å². The summed E-state index contributed by atoms with van der Waals surface area (Å²) in [7, 11) is 1.53. The van der Waals surface area contributed by atoms with Crippen molar-refractivity contribution in [1.82, 2.24) is 0 Å². The van der Waals surface area contributed by atoms with Crippen molar-refractivity contribution in [2.75, 3.05) is 12.4 Å². The van der Waals surface area contributed by atoms with Crippen molar-refractivity contribution in [3.63, 3.8) is 0 Å². The molecular weight excluding hydrogens is 382 g/mol. The largest absolute Gasteiger partial charge is 0.496 e. The third-order valence-corrected chi connectivity index (χ3v) is 3.70. The minimum atomic E-state index is -0.0415. The van der Waals surface area contributed by atoms with E-state index in [0.29, 0.717) is 16.3 Å². The molecule has 0 amide bonds. The Morgan fingerprint density at radius 1 is 1.64 bits per heavy atom. The van der Waals surface area contributed by atoms with Gasteiger partial charge in [-0.25, -0.2) is 0 Å². The maximum atomic E-state index is 11.5. The minimum absolute atomic E-state index is 0.0415. The maximum absolute atomic E-state index is 11.5. The Morgan fingerprint density at radius 2 is 2.29 bits per heavy atom. The van der Waals surface area contributed by atoms with E-state index in [9.17, 15) is 4.79 Å². The molecule has 2 nitrogen and oxygen atoms in total. The summed E-state index contributed by atoms with van der Waals surface area (Å²) in [6.45, 7) is 0. The van der Waals surface area contributed by atoms with Gasteiger partial charge in [-0.05, 0) is 34.7 Å². The predicted octanol–water partition coefficient (Wildman–Crippen LogP) is 3.53. The van der Waals surface area contributed by atoms with Gasteiger partial charge in [0.05, 0.1) is 23.0 Å². The first-order chi connectivity index (χ1) is 6.60. The molecule has 0 aliphatic heterocycles. The molecular formula is C9H7BrClIO2. The molecule has 0 aliphatic rings. The van der Waals surface area contributed by atoms with E-state index in [-0.39, 0.29) is 11.1 Å². The summed E-state index contributed by atoms with van der Waals surface area (Å²) in [5.41, 5.74) is 0.509. The number of benzene rings is 1. The molecule has 0 N–H and O–H groups in total. The van der Waals surface area contributed by atoms with Crippen LogP contribution < -0.4 is 4.74 Å². The molecule has 0 saturated carbocycles. The molecule has 0 atom stereocenters. The average Bonchev–Trinajstić information content (AvgIpc) is 2.20. The molecule has 0 bridgehead atoms. The fourth-order valence-corrected chi connectivity index (χ4v) is 1.89. The van der Waals surface area contributed by atoms with Crippen LogP contribution in [0.2, 0.25) is 5.02 Å². The molecule has 14 heavy (non-hydrogen) atoms. The Kier molecular flexibility index (Phi) is 4.66. The molecule has 0 unspecified atom stereocenters. The van der Waals surface area contributed by atoms with Crippen LogP contribution in [-0.4, -0.2) is 18.2 Å². The first-order valence-electron chi connectivity index (χ1n) is 3.72. The number of carbonyl (C=O) groups is 1. The van der Waals surface area contributed by atoms with Gasteiger partial charge in [0.25, 0.3) is 0 Å². The zero-order valence-corrected chi connectivity index (χ0v) is 11.8. The average molecular weight is 389 g/mol. The molecule has 1 aromatic rings. The van der Waals surface area contributed by atoms with E-state index in [2.05, 4.69) is 38.5 Å². The molecule has 0 fully saturated rings. The highest BCUT2D eigenvalue weighted by molar-refractivity contribution is 14.1. The van der Waals surface area contributed by atoms with Gasteiger partial charge in [-0.3, -0.25) is 4.79 Å². The standard InChI is InChI=1S/C9H7BrClIO2/c1-14-9-3-7(12)6(11)2-5(9)8(13)4-10/h2-3H,4H2,1H3. The van der Waals surface area contributed by atoms with Crippen LogP contribution in [0.4, 0.5) is 0 Å². The van der Waals surface area contributed by atoms with E-state index in [1.807, 2.05) is 0 Å². The van der Waals surface area contributed by atoms with Crippen molar-refractivity contribution in [2.24, 2.45) is 0 Å². The zero-order chi connectivity index (χ0) is 10.7. The predicted molar refractivity (Wildman–Crippen MR) is 68.8 cm³/mol. The van der Waals surface area contributed by atoms with Crippen molar-refractivity contribution in [1.29, 1.82) is 0 Å². The summed E-state index contributed by atoms with van der Waals surface area (Å²) < 4.78 is 5.97. The number of Topliss-reactive ketones (excluding diaryl/α,β-unsaturated/α-hetero) is 1. The lowest BCUT2D eigenvalue weighted by Crippen LogP contribution is -2.03. The van der Waals surface area contributed by atoms with E-state index in [1.165, 1.54) is 7.11 Å². The Balaban J connectivity index is 3.27. The lowest BCUT2D eigenvalue weighted by Gasteiger charge is -2.07. The monoisotopic (exact) mass is 388 g/mol. The van der Waals surface area contributed by atoms with Gasteiger partial charge in [-0.1, -0.05) is 27.5 Å². The number of methoxy groups -OCH3 is 1. The van der Waals surface area contributed by atoms with Gasteiger partial charge < -0.3 is 4.74 Å². The molecule has 0 heterocycles. The molecule has 0 aromatic heterocycles. The number of halogens is 3. The van der Waals surface area contributed by atoms with E-state index >= 15 is 0 Å². The van der Waals surface area contributed by atoms with Gasteiger partial charge in [-0.15, -0.1) is 0 Å².